The lowest BCUT2D eigenvalue weighted by atomic mass is 9.75. The molecule has 0 saturated carbocycles. The fraction of sp³-hybridized carbons (Fsp3) is 0.0769. The van der Waals surface area contributed by atoms with Gasteiger partial charge in [0.15, 0.2) is 0 Å². The third kappa shape index (κ3) is 5.09. The zero-order valence-corrected chi connectivity index (χ0v) is 30.6. The summed E-state index contributed by atoms with van der Waals surface area (Å²) in [5.41, 5.74) is 15.6. The van der Waals surface area contributed by atoms with Crippen molar-refractivity contribution in [3.8, 4) is 33.6 Å². The van der Waals surface area contributed by atoms with E-state index in [-0.39, 0.29) is 5.41 Å². The van der Waals surface area contributed by atoms with Crippen LogP contribution >= 0.6 is 0 Å². The number of hydrogen-bond donors (Lipinski definition) is 0. The summed E-state index contributed by atoms with van der Waals surface area (Å²) in [7, 11) is 0. The normalized spacial score (nSPS) is 15.3. The molecule has 9 aromatic rings. The standard InChI is InChI=1S/C52H40N2/c1-35-16-7-4-10-19-40-33-51-46(34-47(40)52(35,2)3)45-32-39(27-29-50(45)53(51)41-21-11-6-12-22-41)38-26-28-49-44(31-38)43-24-13-14-25-48(43)54(49)42-23-15-20-37(30-42)36-17-8-5-9-18-36/h4-18,20-34H,1,19H2,2-3H3/b10-4-,16-7-. The number of allylic oxidation sites excluding steroid dienone is 5. The van der Waals surface area contributed by atoms with Gasteiger partial charge in [-0.05, 0) is 112 Å². The molecule has 0 aliphatic heterocycles. The monoisotopic (exact) mass is 692 g/mol. The van der Waals surface area contributed by atoms with E-state index in [0.29, 0.717) is 0 Å². The minimum Gasteiger partial charge on any atom is -0.309 e. The van der Waals surface area contributed by atoms with Crippen molar-refractivity contribution in [3.63, 3.8) is 0 Å². The molecule has 1 aliphatic carbocycles. The molecule has 0 atom stereocenters. The zero-order valence-electron chi connectivity index (χ0n) is 30.6. The second kappa shape index (κ2) is 12.5. The van der Waals surface area contributed by atoms with Gasteiger partial charge in [0.25, 0.3) is 0 Å². The highest BCUT2D eigenvalue weighted by Gasteiger charge is 2.28. The zero-order chi connectivity index (χ0) is 36.4. The molecule has 54 heavy (non-hydrogen) atoms. The molecule has 2 aromatic heterocycles. The molecule has 7 aromatic carbocycles. The Labute approximate surface area is 316 Å². The summed E-state index contributed by atoms with van der Waals surface area (Å²) >= 11 is 0. The van der Waals surface area contributed by atoms with Crippen molar-refractivity contribution in [3.05, 3.63) is 205 Å². The van der Waals surface area contributed by atoms with E-state index in [9.17, 15) is 0 Å². The lowest BCUT2D eigenvalue weighted by molar-refractivity contribution is 0.636. The van der Waals surface area contributed by atoms with Crippen LogP contribution in [-0.2, 0) is 11.8 Å². The summed E-state index contributed by atoms with van der Waals surface area (Å²) in [6.07, 6.45) is 9.57. The van der Waals surface area contributed by atoms with Crippen molar-refractivity contribution < 1.29 is 0 Å². The van der Waals surface area contributed by atoms with Crippen molar-refractivity contribution in [2.45, 2.75) is 25.7 Å². The van der Waals surface area contributed by atoms with E-state index in [2.05, 4.69) is 212 Å². The van der Waals surface area contributed by atoms with Crippen LogP contribution < -0.4 is 0 Å². The molecule has 258 valence electrons. The molecular formula is C52H40N2. The minimum absolute atomic E-state index is 0.218. The summed E-state index contributed by atoms with van der Waals surface area (Å²) in [6, 6.07) is 58.0. The van der Waals surface area contributed by atoms with Gasteiger partial charge in [-0.2, -0.15) is 0 Å². The highest BCUT2D eigenvalue weighted by Crippen LogP contribution is 2.42. The van der Waals surface area contributed by atoms with Gasteiger partial charge in [-0.15, -0.1) is 0 Å². The van der Waals surface area contributed by atoms with Crippen LogP contribution in [0.2, 0.25) is 0 Å². The van der Waals surface area contributed by atoms with E-state index < -0.39 is 0 Å². The Kier molecular flexibility index (Phi) is 7.42. The number of hydrogen-bond acceptors (Lipinski definition) is 0. The third-order valence-electron chi connectivity index (χ3n) is 11.6. The molecule has 0 saturated heterocycles. The molecule has 0 bridgehead atoms. The minimum atomic E-state index is -0.218. The smallest absolute Gasteiger partial charge is 0.0544 e. The van der Waals surface area contributed by atoms with Gasteiger partial charge in [0.05, 0.1) is 22.1 Å². The molecule has 0 unspecified atom stereocenters. The quantitative estimate of drug-likeness (QED) is 0.174. The fourth-order valence-corrected chi connectivity index (χ4v) is 8.61. The number of rotatable bonds is 4. The van der Waals surface area contributed by atoms with E-state index in [0.717, 1.165) is 17.7 Å². The molecule has 0 spiro atoms. The van der Waals surface area contributed by atoms with Crippen molar-refractivity contribution in [2.75, 3.05) is 0 Å². The number of benzene rings is 7. The van der Waals surface area contributed by atoms with Crippen molar-refractivity contribution >= 4 is 43.6 Å². The van der Waals surface area contributed by atoms with Crippen LogP contribution in [0.25, 0.3) is 77.2 Å². The van der Waals surface area contributed by atoms with E-state index in [1.807, 2.05) is 0 Å². The second-order valence-corrected chi connectivity index (χ2v) is 15.1. The average Bonchev–Trinajstić information content (AvgIpc) is 3.73. The molecule has 0 fully saturated rings. The van der Waals surface area contributed by atoms with Gasteiger partial charge in [-0.25, -0.2) is 0 Å². The third-order valence-corrected chi connectivity index (χ3v) is 11.6. The van der Waals surface area contributed by atoms with E-state index >= 15 is 0 Å². The van der Waals surface area contributed by atoms with Gasteiger partial charge < -0.3 is 9.13 Å². The number of aromatic nitrogens is 2. The first-order chi connectivity index (χ1) is 26.5. The average molecular weight is 693 g/mol. The van der Waals surface area contributed by atoms with Gasteiger partial charge in [-0.1, -0.05) is 136 Å². The number of fused-ring (bicyclic) bond motifs is 7. The maximum Gasteiger partial charge on any atom is 0.0544 e. The summed E-state index contributed by atoms with van der Waals surface area (Å²) in [5, 5.41) is 5.01. The Balaban J connectivity index is 1.18. The maximum atomic E-state index is 4.52. The Morgan fingerprint density at radius 1 is 0.463 bits per heavy atom. The van der Waals surface area contributed by atoms with Crippen LogP contribution in [0.1, 0.15) is 25.0 Å². The Hall–Kier alpha value is -6.64. The fourth-order valence-electron chi connectivity index (χ4n) is 8.61. The van der Waals surface area contributed by atoms with Crippen LogP contribution in [0.3, 0.4) is 0 Å². The Morgan fingerprint density at radius 3 is 1.80 bits per heavy atom. The topological polar surface area (TPSA) is 9.86 Å². The largest absolute Gasteiger partial charge is 0.309 e. The first kappa shape index (κ1) is 32.0. The SMILES string of the molecule is C=C1/C=C\C=C/Cc2cc3c(cc2C1(C)C)c1cc(-c2ccc4c(c2)c2ccccc2n4-c2cccc(-c4ccccc4)c2)ccc1n3-c1ccccc1. The summed E-state index contributed by atoms with van der Waals surface area (Å²) < 4.78 is 4.85. The summed E-state index contributed by atoms with van der Waals surface area (Å²) in [4.78, 5) is 0. The van der Waals surface area contributed by atoms with Crippen LogP contribution in [0, 0.1) is 0 Å². The lowest BCUT2D eigenvalue weighted by Crippen LogP contribution is -2.20. The van der Waals surface area contributed by atoms with E-state index in [1.165, 1.54) is 82.7 Å². The molecule has 0 radical (unpaired) electrons. The van der Waals surface area contributed by atoms with E-state index in [4.69, 9.17) is 0 Å². The first-order valence-electron chi connectivity index (χ1n) is 18.8. The lowest BCUT2D eigenvalue weighted by Gasteiger charge is -2.29. The van der Waals surface area contributed by atoms with Gasteiger partial charge in [0.1, 0.15) is 0 Å². The van der Waals surface area contributed by atoms with E-state index in [1.54, 1.807) is 0 Å². The Bertz CT molecular complexity index is 2980. The van der Waals surface area contributed by atoms with Gasteiger partial charge in [0, 0.05) is 38.3 Å². The molecule has 0 amide bonds. The van der Waals surface area contributed by atoms with Gasteiger partial charge in [-0.3, -0.25) is 0 Å². The van der Waals surface area contributed by atoms with Crippen LogP contribution in [0.5, 0.6) is 0 Å². The maximum absolute atomic E-state index is 4.52. The molecule has 2 heterocycles. The summed E-state index contributed by atoms with van der Waals surface area (Å²) in [5.74, 6) is 0. The van der Waals surface area contributed by atoms with Crippen molar-refractivity contribution in [2.24, 2.45) is 0 Å². The van der Waals surface area contributed by atoms with Gasteiger partial charge in [0.2, 0.25) is 0 Å². The molecular weight excluding hydrogens is 653 g/mol. The molecule has 2 heteroatoms. The van der Waals surface area contributed by atoms with Crippen LogP contribution in [0.4, 0.5) is 0 Å². The molecule has 10 rings (SSSR count). The number of para-hydroxylation sites is 2. The van der Waals surface area contributed by atoms with Gasteiger partial charge >= 0.3 is 0 Å². The highest BCUT2D eigenvalue weighted by atomic mass is 15.0. The second-order valence-electron chi connectivity index (χ2n) is 15.1. The molecule has 0 N–H and O–H groups in total. The molecule has 2 nitrogen and oxygen atoms in total. The molecule has 1 aliphatic rings. The van der Waals surface area contributed by atoms with Crippen molar-refractivity contribution in [1.29, 1.82) is 0 Å². The number of nitrogens with zero attached hydrogens (tertiary/aromatic N) is 2. The first-order valence-corrected chi connectivity index (χ1v) is 18.8. The highest BCUT2D eigenvalue weighted by molar-refractivity contribution is 6.13. The Morgan fingerprint density at radius 2 is 1.04 bits per heavy atom. The van der Waals surface area contributed by atoms with Crippen molar-refractivity contribution in [1.82, 2.24) is 9.13 Å². The predicted octanol–water partition coefficient (Wildman–Crippen LogP) is 13.7. The van der Waals surface area contributed by atoms with Crippen LogP contribution in [0.15, 0.2) is 194 Å². The summed E-state index contributed by atoms with van der Waals surface area (Å²) in [6.45, 7) is 9.13. The predicted molar refractivity (Wildman–Crippen MR) is 230 cm³/mol. The van der Waals surface area contributed by atoms with Crippen LogP contribution in [-0.4, -0.2) is 9.13 Å².